The SMILES string of the molecule is CNC(=O)CC1SC(c2ccc(OC)cc2)N([C@@H](Cc2ccccc2)C(=O)NO)C1=O.CNC(=O)CC1SC(c2ccc(OC)cc2)N([C@@H](Cc2ccccc2)C(=O)OC)C1=O.COC(=O)[C@@H](N)Cc1ccccc1.COC(=O)[C@H](Cc1ccccc1)N1C(=O)C(CC(=O)O)SC1c1ccc(OC)cc1.COc1ccc(C=O)cc1.O=C(O)CC(S)C(=O)O. The molecule has 660 valence electrons. The number of carboxylic acids is 3. The maximum atomic E-state index is 13.4. The van der Waals surface area contributed by atoms with Crippen LogP contribution < -0.4 is 40.8 Å². The summed E-state index contributed by atoms with van der Waals surface area (Å²) in [6.07, 6.45) is 1.42. The Balaban J connectivity index is 0.000000244. The van der Waals surface area contributed by atoms with E-state index in [1.165, 1.54) is 80.5 Å². The average molecular weight is 1780 g/mol. The van der Waals surface area contributed by atoms with E-state index in [1.54, 1.807) is 87.4 Å². The van der Waals surface area contributed by atoms with Gasteiger partial charge in [0.25, 0.3) is 5.91 Å². The molecule has 8 aromatic carbocycles. The number of methoxy groups -OCH3 is 7. The molecule has 3 aliphatic rings. The lowest BCUT2D eigenvalue weighted by molar-refractivity contribution is -0.153. The van der Waals surface area contributed by atoms with Crippen LogP contribution in [0.15, 0.2) is 218 Å². The van der Waals surface area contributed by atoms with Crippen molar-refractivity contribution in [3.8, 4) is 23.0 Å². The second-order valence-corrected chi connectivity index (χ2v) is 31.6. The van der Waals surface area contributed by atoms with Crippen LogP contribution in [0.1, 0.15) is 91.1 Å². The number of ether oxygens (including phenoxy) is 7. The monoisotopic (exact) mass is 1780 g/mol. The predicted octanol–water partition coefficient (Wildman–Crippen LogP) is 9.43. The van der Waals surface area contributed by atoms with Crippen LogP contribution in [0.5, 0.6) is 23.0 Å². The molecular weight excluding hydrogens is 1680 g/mol. The van der Waals surface area contributed by atoms with Gasteiger partial charge in [-0.15, -0.1) is 35.3 Å². The molecule has 0 bridgehead atoms. The zero-order valence-corrected chi connectivity index (χ0v) is 72.8. The molecule has 0 aromatic heterocycles. The van der Waals surface area contributed by atoms with E-state index in [0.717, 1.165) is 51.0 Å². The fourth-order valence-electron chi connectivity index (χ4n) is 12.6. The number of hydroxylamine groups is 1. The van der Waals surface area contributed by atoms with Gasteiger partial charge in [0.2, 0.25) is 29.5 Å². The van der Waals surface area contributed by atoms with Crippen molar-refractivity contribution in [2.75, 3.05) is 63.9 Å². The van der Waals surface area contributed by atoms with Crippen molar-refractivity contribution in [2.24, 2.45) is 5.73 Å². The van der Waals surface area contributed by atoms with Crippen molar-refractivity contribution >= 4 is 125 Å². The lowest BCUT2D eigenvalue weighted by atomic mass is 10.0. The van der Waals surface area contributed by atoms with Gasteiger partial charge in [-0.2, -0.15) is 12.6 Å². The highest BCUT2D eigenvalue weighted by Gasteiger charge is 2.50. The summed E-state index contributed by atoms with van der Waals surface area (Å²) in [7, 11) is 13.3. The molecule has 35 heteroatoms. The summed E-state index contributed by atoms with van der Waals surface area (Å²) in [5, 5.41) is 35.3. The quantitative estimate of drug-likeness (QED) is 0.00473. The predicted molar refractivity (Wildman–Crippen MR) is 468 cm³/mol. The summed E-state index contributed by atoms with van der Waals surface area (Å²) in [5.74, 6) is -4.14. The molecule has 6 amide bonds. The summed E-state index contributed by atoms with van der Waals surface area (Å²) in [6, 6.07) is 63.2. The van der Waals surface area contributed by atoms with E-state index in [0.29, 0.717) is 35.7 Å². The minimum Gasteiger partial charge on any atom is -0.497 e. The molecule has 0 spiro atoms. The normalized spacial score (nSPS) is 17.1. The standard InChI is InChI=1S/C23H26N2O5S.C22H25N3O5S.C22H23NO6S.C10H13NO2.C8H8O2.C4H6O4S/c1-24-20(26)14-19-21(27)25(22(31-19)16-9-11-17(29-2)12-10-16)18(23(28)30-3)13-15-7-5-4-6-8-15;1-23-19(26)13-18-21(28)25(22(31-18)15-8-10-16(30-2)11-9-15)17(20(27)24-29)12-14-6-4-3-5-7-14;1-28-16-10-8-15(9-11-16)21-23(20(26)18(30-21)13-19(24)25)17(22(27)29-2)12-14-6-4-3-5-7-14;1-13-10(12)9(11)7-8-5-3-2-4-6-8;1-10-8-4-2-7(6-9)3-5-8;5-3(6)1-2(9)4(7)8/h4-12,18-19,22H,13-14H2,1-3H3,(H,24,26);3-11,17-18,22,29H,12-13H2,1-2H3,(H,23,26)(H,24,27);3-11,17-18,21H,12-13H2,1-2H3,(H,24,25);2-6,9H,7,11H2,1H3;2-6H,1H3;2,9H,1H2,(H,5,6)(H,7,8)/t18-,19?,22?;17-,18?,22?;17-,18?,21?;9-;;/m0000../s1. The van der Waals surface area contributed by atoms with Crippen molar-refractivity contribution < 1.29 is 116 Å². The number of nitrogens with two attached hydrogens (primary N) is 1. The van der Waals surface area contributed by atoms with E-state index in [1.807, 2.05) is 170 Å². The maximum absolute atomic E-state index is 13.4. The van der Waals surface area contributed by atoms with Crippen molar-refractivity contribution in [3.05, 3.63) is 263 Å². The number of carboxylic acid groups (broad SMARTS) is 3. The molecule has 3 heterocycles. The number of rotatable bonds is 32. The van der Waals surface area contributed by atoms with E-state index in [-0.39, 0.29) is 67.6 Å². The van der Waals surface area contributed by atoms with Crippen LogP contribution in [0.3, 0.4) is 0 Å². The van der Waals surface area contributed by atoms with E-state index in [4.69, 9.17) is 44.4 Å². The van der Waals surface area contributed by atoms with Crippen molar-refractivity contribution in [3.63, 3.8) is 0 Å². The van der Waals surface area contributed by atoms with E-state index in [9.17, 15) is 72.6 Å². The minimum atomic E-state index is -1.21. The van der Waals surface area contributed by atoms with Gasteiger partial charge in [-0.1, -0.05) is 158 Å². The number of esters is 3. The Labute approximate surface area is 736 Å². The van der Waals surface area contributed by atoms with E-state index >= 15 is 0 Å². The highest BCUT2D eigenvalue weighted by Crippen LogP contribution is 2.49. The number of nitrogens with zero attached hydrogens (tertiary/aromatic N) is 3. The number of nitrogens with one attached hydrogen (secondary N) is 3. The largest absolute Gasteiger partial charge is 0.497 e. The van der Waals surface area contributed by atoms with E-state index < -0.39 is 103 Å². The van der Waals surface area contributed by atoms with Crippen LogP contribution in [0.4, 0.5) is 0 Å². The molecule has 3 aliphatic heterocycles. The Kier molecular flexibility index (Phi) is 42.2. The molecular formula is C89H101N7O24S4. The van der Waals surface area contributed by atoms with Gasteiger partial charge in [0.1, 0.15) is 74.8 Å². The first-order chi connectivity index (χ1) is 59.5. The van der Waals surface area contributed by atoms with Gasteiger partial charge in [-0.3, -0.25) is 57.9 Å². The first-order valence-electron chi connectivity index (χ1n) is 38.3. The number of hydrogen-bond donors (Lipinski definition) is 9. The van der Waals surface area contributed by atoms with Crippen LogP contribution in [0.2, 0.25) is 0 Å². The topological polar surface area (TPSA) is 439 Å². The number of thioether (sulfide) groups is 3. The lowest BCUT2D eigenvalue weighted by Crippen LogP contribution is -2.50. The number of amides is 6. The number of benzene rings is 8. The average Bonchev–Trinajstić information content (AvgIpc) is 1.63. The van der Waals surface area contributed by atoms with Crippen molar-refractivity contribution in [1.29, 1.82) is 0 Å². The minimum absolute atomic E-state index is 0.00194. The van der Waals surface area contributed by atoms with Gasteiger partial charge < -0.3 is 79.5 Å². The summed E-state index contributed by atoms with van der Waals surface area (Å²) >= 11 is 7.41. The second-order valence-electron chi connectivity index (χ2n) is 27.1. The smallest absolute Gasteiger partial charge is 0.328 e. The fraction of sp³-hybridized carbons (Fsp3) is 0.315. The van der Waals surface area contributed by atoms with Crippen LogP contribution >= 0.6 is 47.9 Å². The highest BCUT2D eigenvalue weighted by atomic mass is 32.2. The van der Waals surface area contributed by atoms with Crippen molar-refractivity contribution in [1.82, 2.24) is 30.8 Å². The fourth-order valence-corrected chi connectivity index (χ4v) is 17.2. The Morgan fingerprint density at radius 2 is 0.710 bits per heavy atom. The van der Waals surface area contributed by atoms with Gasteiger partial charge in [0, 0.05) is 51.8 Å². The summed E-state index contributed by atoms with van der Waals surface area (Å²) in [6.45, 7) is 0. The van der Waals surface area contributed by atoms with Crippen LogP contribution in [0.25, 0.3) is 0 Å². The number of hydrogen-bond acceptors (Lipinski definition) is 26. The number of aldehydes is 1. The summed E-state index contributed by atoms with van der Waals surface area (Å²) < 4.78 is 35.1. The Bertz CT molecular complexity index is 4630. The first kappa shape index (κ1) is 100. The molecule has 31 nitrogen and oxygen atoms in total. The molecule has 11 atom stereocenters. The zero-order valence-electron chi connectivity index (χ0n) is 69.4. The van der Waals surface area contributed by atoms with Crippen LogP contribution in [-0.2, 0) is 97.4 Å². The maximum Gasteiger partial charge on any atom is 0.328 e. The van der Waals surface area contributed by atoms with Crippen LogP contribution in [0, 0.1) is 0 Å². The third-order valence-electron chi connectivity index (χ3n) is 19.0. The van der Waals surface area contributed by atoms with Gasteiger partial charge in [0.05, 0.1) is 78.4 Å². The molecule has 0 radical (unpaired) electrons. The van der Waals surface area contributed by atoms with E-state index in [2.05, 4.69) is 28.0 Å². The van der Waals surface area contributed by atoms with Crippen molar-refractivity contribution in [2.45, 2.75) is 113 Å². The third kappa shape index (κ3) is 30.6. The molecule has 0 saturated carbocycles. The number of aliphatic carboxylic acids is 3. The van der Waals surface area contributed by atoms with Gasteiger partial charge in [-0.05, 0) is 106 Å². The highest BCUT2D eigenvalue weighted by molar-refractivity contribution is 8.01. The molecule has 124 heavy (non-hydrogen) atoms. The third-order valence-corrected chi connectivity index (χ3v) is 23.7. The molecule has 3 fully saturated rings. The number of thiol groups is 1. The summed E-state index contributed by atoms with van der Waals surface area (Å²) in [5.41, 5.74) is 14.1. The zero-order chi connectivity index (χ0) is 91.0. The summed E-state index contributed by atoms with van der Waals surface area (Å²) in [4.78, 5) is 159. The number of carbonyl (C=O) groups excluding carboxylic acids is 10. The van der Waals surface area contributed by atoms with Gasteiger partial charge in [-0.25, -0.2) is 15.1 Å². The van der Waals surface area contributed by atoms with Gasteiger partial charge >= 0.3 is 35.8 Å². The van der Waals surface area contributed by atoms with Crippen LogP contribution in [-0.4, -0.2) is 222 Å². The number of carbonyl (C=O) groups is 13. The molecule has 11 rings (SSSR count). The first-order valence-corrected chi connectivity index (χ1v) is 41.7. The van der Waals surface area contributed by atoms with Gasteiger partial charge in [0.15, 0.2) is 0 Å². The lowest BCUT2D eigenvalue weighted by Gasteiger charge is -2.31. The molecule has 9 N–H and O–H groups in total. The molecule has 3 saturated heterocycles. The second kappa shape index (κ2) is 52.1. The Morgan fingerprint density at radius 1 is 0.419 bits per heavy atom. The Morgan fingerprint density at radius 3 is 0.968 bits per heavy atom. The molecule has 8 aromatic rings. The molecule has 7 unspecified atom stereocenters. The Hall–Kier alpha value is -12.4. The molecule has 0 aliphatic carbocycles.